The summed E-state index contributed by atoms with van der Waals surface area (Å²) in [5.74, 6) is -0.344. The first kappa shape index (κ1) is 22.8. The van der Waals surface area contributed by atoms with Gasteiger partial charge in [0.05, 0.1) is 16.1 Å². The molecule has 0 atom stereocenters. The summed E-state index contributed by atoms with van der Waals surface area (Å²) in [6, 6.07) is 5.67. The van der Waals surface area contributed by atoms with E-state index in [1.165, 1.54) is 28.6 Å². The van der Waals surface area contributed by atoms with Gasteiger partial charge < -0.3 is 10.1 Å². The van der Waals surface area contributed by atoms with E-state index in [-0.39, 0.29) is 29.7 Å². The van der Waals surface area contributed by atoms with E-state index in [9.17, 15) is 26.9 Å². The number of hydrogen-bond acceptors (Lipinski definition) is 10. The summed E-state index contributed by atoms with van der Waals surface area (Å²) in [5, 5.41) is 14.5. The lowest BCUT2D eigenvalue weighted by Gasteiger charge is -2.30. The standard InChI is InChI=1S/C17H21N5O7S2/c1-30(25,26)14-5-3-12(4-6-14)20-16-15(22(23)24)17(19-11-18-16)29-13-7-9-21(10-8-13)31(2,27)28/h3-6,11,13H,7-10H2,1-2H3,(H,18,19,20). The normalized spacial score (nSPS) is 16.1. The van der Waals surface area contributed by atoms with E-state index < -0.39 is 36.6 Å². The van der Waals surface area contributed by atoms with Crippen LogP contribution in [0, 0.1) is 10.1 Å². The average Bonchev–Trinajstić information content (AvgIpc) is 2.67. The number of nitrogens with zero attached hydrogens (tertiary/aromatic N) is 4. The van der Waals surface area contributed by atoms with Gasteiger partial charge in [0.15, 0.2) is 9.84 Å². The molecule has 12 nitrogen and oxygen atoms in total. The van der Waals surface area contributed by atoms with Crippen molar-refractivity contribution in [3.05, 3.63) is 40.7 Å². The third kappa shape index (κ3) is 5.65. The van der Waals surface area contributed by atoms with Crippen LogP contribution in [0.5, 0.6) is 5.88 Å². The van der Waals surface area contributed by atoms with Crippen molar-refractivity contribution in [1.29, 1.82) is 0 Å². The van der Waals surface area contributed by atoms with Crippen molar-refractivity contribution in [2.45, 2.75) is 23.8 Å². The van der Waals surface area contributed by atoms with Crippen molar-refractivity contribution in [2.24, 2.45) is 0 Å². The molecule has 1 fully saturated rings. The molecule has 31 heavy (non-hydrogen) atoms. The van der Waals surface area contributed by atoms with Crippen molar-refractivity contribution >= 4 is 37.1 Å². The molecule has 1 N–H and O–H groups in total. The zero-order valence-electron chi connectivity index (χ0n) is 16.8. The Balaban J connectivity index is 1.79. The van der Waals surface area contributed by atoms with Gasteiger partial charge in [0, 0.05) is 25.0 Å². The number of rotatable bonds is 7. The number of nitrogens with one attached hydrogen (secondary N) is 1. The van der Waals surface area contributed by atoms with Crippen LogP contribution in [-0.2, 0) is 19.9 Å². The molecule has 0 aliphatic carbocycles. The van der Waals surface area contributed by atoms with Gasteiger partial charge in [0.2, 0.25) is 15.8 Å². The molecule has 14 heteroatoms. The number of piperidine rings is 1. The first-order chi connectivity index (χ1) is 14.4. The van der Waals surface area contributed by atoms with Gasteiger partial charge in [-0.15, -0.1) is 0 Å². The molecule has 1 saturated heterocycles. The molecule has 1 aromatic heterocycles. The highest BCUT2D eigenvalue weighted by molar-refractivity contribution is 7.90. The number of nitro groups is 1. The molecule has 0 amide bonds. The van der Waals surface area contributed by atoms with Crippen LogP contribution in [-0.4, -0.2) is 67.7 Å². The molecule has 0 unspecified atom stereocenters. The second kappa shape index (κ2) is 8.72. The van der Waals surface area contributed by atoms with Crippen molar-refractivity contribution in [3.63, 3.8) is 0 Å². The van der Waals surface area contributed by atoms with Gasteiger partial charge in [-0.2, -0.15) is 4.98 Å². The molecule has 168 valence electrons. The third-order valence-electron chi connectivity index (χ3n) is 4.66. The highest BCUT2D eigenvalue weighted by Crippen LogP contribution is 2.34. The maximum atomic E-state index is 11.7. The van der Waals surface area contributed by atoms with Crippen LogP contribution in [0.4, 0.5) is 17.2 Å². The molecular formula is C17H21N5O7S2. The summed E-state index contributed by atoms with van der Waals surface area (Å²) in [4.78, 5) is 18.9. The van der Waals surface area contributed by atoms with E-state index >= 15 is 0 Å². The summed E-state index contributed by atoms with van der Waals surface area (Å²) >= 11 is 0. The van der Waals surface area contributed by atoms with Gasteiger partial charge in [-0.3, -0.25) is 10.1 Å². The minimum absolute atomic E-state index is 0.111. The summed E-state index contributed by atoms with van der Waals surface area (Å²) in [6.45, 7) is 0.500. The zero-order chi connectivity index (χ0) is 22.8. The molecule has 0 bridgehead atoms. The third-order valence-corrected chi connectivity index (χ3v) is 7.10. The predicted molar refractivity (Wildman–Crippen MR) is 112 cm³/mol. The Bertz CT molecular complexity index is 1180. The SMILES string of the molecule is CS(=O)(=O)c1ccc(Nc2ncnc(OC3CCN(S(C)(=O)=O)CC3)c2[N+](=O)[O-])cc1. The van der Waals surface area contributed by atoms with Crippen LogP contribution < -0.4 is 10.1 Å². The Kier molecular flexibility index (Phi) is 6.43. The van der Waals surface area contributed by atoms with E-state index in [0.717, 1.165) is 18.8 Å². The molecule has 0 spiro atoms. The lowest BCUT2D eigenvalue weighted by molar-refractivity contribution is -0.385. The van der Waals surface area contributed by atoms with Gasteiger partial charge >= 0.3 is 5.69 Å². The fraction of sp³-hybridized carbons (Fsp3) is 0.412. The number of aromatic nitrogens is 2. The summed E-state index contributed by atoms with van der Waals surface area (Å²) in [5.41, 5.74) is -0.0816. The quantitative estimate of drug-likeness (QED) is 0.460. The van der Waals surface area contributed by atoms with Crippen LogP contribution in [0.2, 0.25) is 0 Å². The van der Waals surface area contributed by atoms with Gasteiger partial charge in [-0.25, -0.2) is 26.1 Å². The molecule has 1 aliphatic rings. The minimum atomic E-state index is -3.37. The van der Waals surface area contributed by atoms with Gasteiger partial charge in [-0.1, -0.05) is 0 Å². The number of sulfonamides is 1. The smallest absolute Gasteiger partial charge is 0.373 e. The Morgan fingerprint density at radius 3 is 2.23 bits per heavy atom. The van der Waals surface area contributed by atoms with E-state index in [2.05, 4.69) is 15.3 Å². The number of hydrogen-bond donors (Lipinski definition) is 1. The number of sulfone groups is 1. The summed E-state index contributed by atoms with van der Waals surface area (Å²) in [7, 11) is -6.67. The lowest BCUT2D eigenvalue weighted by atomic mass is 10.1. The first-order valence-electron chi connectivity index (χ1n) is 9.13. The molecule has 1 aliphatic heterocycles. The number of ether oxygens (including phenoxy) is 1. The van der Waals surface area contributed by atoms with Crippen molar-refractivity contribution in [2.75, 3.05) is 30.9 Å². The molecule has 2 aromatic rings. The van der Waals surface area contributed by atoms with Crippen LogP contribution in [0.1, 0.15) is 12.8 Å². The highest BCUT2D eigenvalue weighted by atomic mass is 32.2. The van der Waals surface area contributed by atoms with Crippen molar-refractivity contribution in [3.8, 4) is 5.88 Å². The fourth-order valence-electron chi connectivity index (χ4n) is 3.07. The topological polar surface area (TPSA) is 162 Å². The molecule has 3 rings (SSSR count). The Morgan fingerprint density at radius 2 is 1.71 bits per heavy atom. The lowest BCUT2D eigenvalue weighted by Crippen LogP contribution is -2.41. The Hall–Kier alpha value is -2.84. The molecule has 1 aromatic carbocycles. The van der Waals surface area contributed by atoms with Crippen LogP contribution >= 0.6 is 0 Å². The molecule has 0 radical (unpaired) electrons. The van der Waals surface area contributed by atoms with E-state index in [1.54, 1.807) is 0 Å². The monoisotopic (exact) mass is 471 g/mol. The highest BCUT2D eigenvalue weighted by Gasteiger charge is 2.30. The predicted octanol–water partition coefficient (Wildman–Crippen LogP) is 1.33. The average molecular weight is 472 g/mol. The van der Waals surface area contributed by atoms with Crippen molar-refractivity contribution in [1.82, 2.24) is 14.3 Å². The Morgan fingerprint density at radius 1 is 1.10 bits per heavy atom. The molecule has 0 saturated carbocycles. The van der Waals surface area contributed by atoms with Crippen LogP contribution in [0.3, 0.4) is 0 Å². The van der Waals surface area contributed by atoms with Gasteiger partial charge in [0.1, 0.15) is 12.4 Å². The van der Waals surface area contributed by atoms with E-state index in [0.29, 0.717) is 18.5 Å². The second-order valence-electron chi connectivity index (χ2n) is 7.03. The summed E-state index contributed by atoms with van der Waals surface area (Å²) in [6.07, 6.45) is 3.61. The fourth-order valence-corrected chi connectivity index (χ4v) is 4.57. The Labute approximate surface area is 179 Å². The van der Waals surface area contributed by atoms with Gasteiger partial charge in [0.25, 0.3) is 5.88 Å². The largest absolute Gasteiger partial charge is 0.469 e. The zero-order valence-corrected chi connectivity index (χ0v) is 18.4. The van der Waals surface area contributed by atoms with E-state index in [4.69, 9.17) is 4.74 Å². The molecule has 2 heterocycles. The maximum absolute atomic E-state index is 11.7. The first-order valence-corrected chi connectivity index (χ1v) is 12.9. The minimum Gasteiger partial charge on any atom is -0.469 e. The second-order valence-corrected chi connectivity index (χ2v) is 11.0. The van der Waals surface area contributed by atoms with Crippen LogP contribution in [0.25, 0.3) is 0 Å². The van der Waals surface area contributed by atoms with Crippen molar-refractivity contribution < 1.29 is 26.5 Å². The van der Waals surface area contributed by atoms with E-state index in [1.807, 2.05) is 0 Å². The number of anilines is 2. The van der Waals surface area contributed by atoms with Gasteiger partial charge in [-0.05, 0) is 37.1 Å². The summed E-state index contributed by atoms with van der Waals surface area (Å²) < 4.78 is 53.4. The maximum Gasteiger partial charge on any atom is 0.373 e. The molecular weight excluding hydrogens is 450 g/mol. The number of benzene rings is 1. The van der Waals surface area contributed by atoms with Crippen LogP contribution in [0.15, 0.2) is 35.5 Å².